The van der Waals surface area contributed by atoms with Gasteiger partial charge in [0.15, 0.2) is 5.78 Å². The van der Waals surface area contributed by atoms with Gasteiger partial charge in [0.25, 0.3) is 0 Å². The zero-order valence-corrected chi connectivity index (χ0v) is 12.6. The van der Waals surface area contributed by atoms with Crippen LogP contribution in [-0.2, 0) is 14.3 Å². The minimum atomic E-state index is -0.857. The van der Waals surface area contributed by atoms with Crippen LogP contribution in [-0.4, -0.2) is 24.0 Å². The second kappa shape index (κ2) is 5.54. The third-order valence-corrected chi connectivity index (χ3v) is 4.37. The molecule has 1 aromatic rings. The van der Waals surface area contributed by atoms with Crippen LogP contribution in [0.5, 0.6) is 5.75 Å². The smallest absolute Gasteiger partial charge is 0.322 e. The highest BCUT2D eigenvalue weighted by atomic mass is 16.5. The third kappa shape index (κ3) is 2.40. The maximum absolute atomic E-state index is 12.6. The first-order valence-corrected chi connectivity index (χ1v) is 7.34. The van der Waals surface area contributed by atoms with Crippen molar-refractivity contribution in [2.75, 3.05) is 6.61 Å². The maximum Gasteiger partial charge on any atom is 0.322 e. The lowest BCUT2D eigenvalue weighted by atomic mass is 9.71. The Morgan fingerprint density at radius 1 is 1.36 bits per heavy atom. The van der Waals surface area contributed by atoms with Gasteiger partial charge in [0.1, 0.15) is 11.7 Å². The Bertz CT molecular complexity index is 659. The lowest BCUT2D eigenvalue weighted by Crippen LogP contribution is -2.46. The number of ether oxygens (including phenoxy) is 2. The summed E-state index contributed by atoms with van der Waals surface area (Å²) in [5, 5.41) is 0. The van der Waals surface area contributed by atoms with E-state index in [1.54, 1.807) is 30.3 Å². The van der Waals surface area contributed by atoms with E-state index < -0.39 is 17.5 Å². The van der Waals surface area contributed by atoms with Crippen LogP contribution in [0.1, 0.15) is 13.8 Å². The van der Waals surface area contributed by atoms with E-state index in [1.807, 2.05) is 26.0 Å². The SMILES string of the molecule is C/C=C1\CO[C@]2(C)C=CC(=O)[C@@H](C(=O)Oc3ccccc3)C12. The minimum absolute atomic E-state index is 0.228. The van der Waals surface area contributed by atoms with Crippen LogP contribution in [0.3, 0.4) is 0 Å². The summed E-state index contributed by atoms with van der Waals surface area (Å²) in [6, 6.07) is 8.80. The molecule has 3 rings (SSSR count). The third-order valence-electron chi connectivity index (χ3n) is 4.37. The predicted octanol–water partition coefficient (Wildman–Crippen LogP) is 2.70. The first-order valence-electron chi connectivity index (χ1n) is 7.34. The quantitative estimate of drug-likeness (QED) is 0.364. The molecule has 1 aromatic carbocycles. The summed E-state index contributed by atoms with van der Waals surface area (Å²) >= 11 is 0. The van der Waals surface area contributed by atoms with Crippen molar-refractivity contribution in [3.63, 3.8) is 0 Å². The Morgan fingerprint density at radius 3 is 2.77 bits per heavy atom. The number of allylic oxidation sites excluding steroid dienone is 2. The summed E-state index contributed by atoms with van der Waals surface area (Å²) in [5.74, 6) is -1.47. The van der Waals surface area contributed by atoms with Crippen molar-refractivity contribution in [2.45, 2.75) is 19.4 Å². The van der Waals surface area contributed by atoms with Crippen molar-refractivity contribution < 1.29 is 19.1 Å². The van der Waals surface area contributed by atoms with Gasteiger partial charge in [0.05, 0.1) is 12.2 Å². The second-order valence-electron chi connectivity index (χ2n) is 5.76. The van der Waals surface area contributed by atoms with Crippen molar-refractivity contribution in [1.82, 2.24) is 0 Å². The molecule has 1 unspecified atom stereocenters. The fraction of sp³-hybridized carbons (Fsp3) is 0.333. The van der Waals surface area contributed by atoms with Gasteiger partial charge in [-0.15, -0.1) is 0 Å². The van der Waals surface area contributed by atoms with E-state index in [9.17, 15) is 9.59 Å². The van der Waals surface area contributed by atoms with Gasteiger partial charge in [-0.25, -0.2) is 0 Å². The summed E-state index contributed by atoms with van der Waals surface area (Å²) in [4.78, 5) is 24.9. The molecule has 1 aliphatic carbocycles. The average Bonchev–Trinajstić information content (AvgIpc) is 2.85. The van der Waals surface area contributed by atoms with Gasteiger partial charge in [-0.2, -0.15) is 0 Å². The van der Waals surface area contributed by atoms with Gasteiger partial charge in [0.2, 0.25) is 0 Å². The summed E-state index contributed by atoms with van der Waals surface area (Å²) in [6.45, 7) is 4.23. The van der Waals surface area contributed by atoms with Crippen LogP contribution in [0.4, 0.5) is 0 Å². The Morgan fingerprint density at radius 2 is 2.09 bits per heavy atom. The number of fused-ring (bicyclic) bond motifs is 1. The highest BCUT2D eigenvalue weighted by Crippen LogP contribution is 2.45. The molecule has 1 fully saturated rings. The van der Waals surface area contributed by atoms with Crippen LogP contribution in [0.2, 0.25) is 0 Å². The monoisotopic (exact) mass is 298 g/mol. The number of benzene rings is 1. The molecule has 1 heterocycles. The van der Waals surface area contributed by atoms with Crippen molar-refractivity contribution in [3.05, 3.63) is 54.1 Å². The molecular weight excluding hydrogens is 280 g/mol. The molecule has 1 aliphatic heterocycles. The molecule has 0 N–H and O–H groups in total. The highest BCUT2D eigenvalue weighted by Gasteiger charge is 2.53. The molecule has 0 amide bonds. The fourth-order valence-electron chi connectivity index (χ4n) is 3.18. The first kappa shape index (κ1) is 14.7. The Balaban J connectivity index is 1.92. The average molecular weight is 298 g/mol. The van der Waals surface area contributed by atoms with Crippen LogP contribution in [0, 0.1) is 11.8 Å². The molecule has 1 saturated heterocycles. The highest BCUT2D eigenvalue weighted by molar-refractivity contribution is 6.07. The number of ketones is 1. The van der Waals surface area contributed by atoms with Gasteiger partial charge in [-0.05, 0) is 43.7 Å². The molecule has 0 saturated carbocycles. The van der Waals surface area contributed by atoms with Gasteiger partial charge in [-0.3, -0.25) is 9.59 Å². The number of hydrogen-bond acceptors (Lipinski definition) is 4. The Kier molecular flexibility index (Phi) is 3.71. The van der Waals surface area contributed by atoms with Gasteiger partial charge >= 0.3 is 5.97 Å². The predicted molar refractivity (Wildman–Crippen MR) is 81.3 cm³/mol. The standard InChI is InChI=1S/C18H18O4/c1-3-12-11-21-18(2)10-9-14(19)15(16(12)18)17(20)22-13-7-5-4-6-8-13/h3-10,15-16H,11H2,1-2H3/b12-3+/t15-,16?,18-/m1/s1. The summed E-state index contributed by atoms with van der Waals surface area (Å²) in [7, 11) is 0. The minimum Gasteiger partial charge on any atom is -0.426 e. The molecule has 0 bridgehead atoms. The van der Waals surface area contributed by atoms with E-state index in [0.29, 0.717) is 12.4 Å². The summed E-state index contributed by atoms with van der Waals surface area (Å²) in [6.07, 6.45) is 5.11. The Labute approximate surface area is 129 Å². The van der Waals surface area contributed by atoms with Gasteiger partial charge in [-0.1, -0.05) is 24.3 Å². The molecular formula is C18H18O4. The molecule has 0 spiro atoms. The van der Waals surface area contributed by atoms with Crippen LogP contribution >= 0.6 is 0 Å². The van der Waals surface area contributed by atoms with E-state index in [0.717, 1.165) is 5.57 Å². The van der Waals surface area contributed by atoms with Crippen molar-refractivity contribution in [2.24, 2.45) is 11.8 Å². The largest absolute Gasteiger partial charge is 0.426 e. The van der Waals surface area contributed by atoms with Crippen molar-refractivity contribution >= 4 is 11.8 Å². The van der Waals surface area contributed by atoms with Crippen molar-refractivity contribution in [3.8, 4) is 5.75 Å². The van der Waals surface area contributed by atoms with E-state index >= 15 is 0 Å². The molecule has 0 aromatic heterocycles. The first-order chi connectivity index (χ1) is 10.5. The topological polar surface area (TPSA) is 52.6 Å². The van der Waals surface area contributed by atoms with E-state index in [-0.39, 0.29) is 11.7 Å². The molecule has 4 heteroatoms. The lowest BCUT2D eigenvalue weighted by molar-refractivity contribution is -0.147. The maximum atomic E-state index is 12.6. The number of esters is 1. The van der Waals surface area contributed by atoms with E-state index in [4.69, 9.17) is 9.47 Å². The number of hydrogen-bond donors (Lipinski definition) is 0. The zero-order chi connectivity index (χ0) is 15.7. The molecule has 0 radical (unpaired) electrons. The molecule has 2 aliphatic rings. The molecule has 114 valence electrons. The van der Waals surface area contributed by atoms with E-state index in [2.05, 4.69) is 0 Å². The number of rotatable bonds is 2. The molecule has 3 atom stereocenters. The second-order valence-corrected chi connectivity index (χ2v) is 5.76. The van der Waals surface area contributed by atoms with Crippen molar-refractivity contribution in [1.29, 1.82) is 0 Å². The molecule has 4 nitrogen and oxygen atoms in total. The van der Waals surface area contributed by atoms with Crippen LogP contribution < -0.4 is 4.74 Å². The number of carbonyl (C=O) groups excluding carboxylic acids is 2. The summed E-state index contributed by atoms with van der Waals surface area (Å²) in [5.41, 5.74) is 0.339. The fourth-order valence-corrected chi connectivity index (χ4v) is 3.18. The van der Waals surface area contributed by atoms with Crippen LogP contribution in [0.15, 0.2) is 54.1 Å². The van der Waals surface area contributed by atoms with Gasteiger partial charge < -0.3 is 9.47 Å². The molecule has 22 heavy (non-hydrogen) atoms. The zero-order valence-electron chi connectivity index (χ0n) is 12.6. The van der Waals surface area contributed by atoms with Gasteiger partial charge in [0, 0.05) is 5.92 Å². The van der Waals surface area contributed by atoms with E-state index in [1.165, 1.54) is 6.08 Å². The Hall–Kier alpha value is -2.20. The number of carbonyl (C=O) groups is 2. The summed E-state index contributed by atoms with van der Waals surface area (Å²) < 4.78 is 11.2. The lowest BCUT2D eigenvalue weighted by Gasteiger charge is -2.34. The number of para-hydroxylation sites is 1. The normalized spacial score (nSPS) is 32.1. The van der Waals surface area contributed by atoms with Crippen LogP contribution in [0.25, 0.3) is 0 Å².